The zero-order chi connectivity index (χ0) is 9.40. The first kappa shape index (κ1) is 11.4. The Labute approximate surface area is 74.7 Å². The number of amides is 1. The van der Waals surface area contributed by atoms with Gasteiger partial charge in [-0.25, -0.2) is 0 Å². The third-order valence-corrected chi connectivity index (χ3v) is 2.01. The number of hydrogen-bond acceptors (Lipinski definition) is 2. The molecule has 0 rings (SSSR count). The van der Waals surface area contributed by atoms with E-state index in [1.54, 1.807) is 7.05 Å². The van der Waals surface area contributed by atoms with Gasteiger partial charge in [0.25, 0.3) is 0 Å². The van der Waals surface area contributed by atoms with E-state index in [-0.39, 0.29) is 11.8 Å². The Bertz CT molecular complexity index is 126. The van der Waals surface area contributed by atoms with Crippen molar-refractivity contribution in [2.45, 2.75) is 32.6 Å². The first-order valence-electron chi connectivity index (χ1n) is 4.67. The van der Waals surface area contributed by atoms with Crippen molar-refractivity contribution < 1.29 is 4.79 Å². The van der Waals surface area contributed by atoms with Gasteiger partial charge in [0.2, 0.25) is 5.91 Å². The Morgan fingerprint density at radius 3 is 2.58 bits per heavy atom. The van der Waals surface area contributed by atoms with E-state index in [1.807, 2.05) is 0 Å². The second-order valence-corrected chi connectivity index (χ2v) is 3.03. The molecule has 1 amide bonds. The van der Waals surface area contributed by atoms with Crippen molar-refractivity contribution in [1.29, 1.82) is 0 Å². The summed E-state index contributed by atoms with van der Waals surface area (Å²) < 4.78 is 0. The molecule has 0 aromatic carbocycles. The van der Waals surface area contributed by atoms with Crippen LogP contribution in [0.1, 0.15) is 32.6 Å². The normalized spacial score (nSPS) is 12.6. The summed E-state index contributed by atoms with van der Waals surface area (Å²) in [6.07, 6.45) is 3.89. The summed E-state index contributed by atoms with van der Waals surface area (Å²) in [5, 5.41) is 2.68. The van der Waals surface area contributed by atoms with Crippen molar-refractivity contribution in [3.8, 4) is 0 Å². The van der Waals surface area contributed by atoms with Crippen LogP contribution < -0.4 is 11.1 Å². The standard InChI is InChI=1S/C9H20N2O/c1-3-5-8(6-4-7-10)9(12)11-2/h8H,3-7,10H2,1-2H3,(H,11,12). The third-order valence-electron chi connectivity index (χ3n) is 2.01. The Hall–Kier alpha value is -0.570. The summed E-state index contributed by atoms with van der Waals surface area (Å²) in [6.45, 7) is 2.77. The smallest absolute Gasteiger partial charge is 0.222 e. The van der Waals surface area contributed by atoms with E-state index >= 15 is 0 Å². The number of carbonyl (C=O) groups excluding carboxylic acids is 1. The Kier molecular flexibility index (Phi) is 6.76. The van der Waals surface area contributed by atoms with Gasteiger partial charge in [0.15, 0.2) is 0 Å². The first-order chi connectivity index (χ1) is 5.76. The van der Waals surface area contributed by atoms with Crippen molar-refractivity contribution in [2.24, 2.45) is 11.7 Å². The predicted molar refractivity (Wildman–Crippen MR) is 50.8 cm³/mol. The molecule has 0 aliphatic carbocycles. The van der Waals surface area contributed by atoms with Crippen molar-refractivity contribution in [3.63, 3.8) is 0 Å². The van der Waals surface area contributed by atoms with Crippen LogP contribution in [-0.2, 0) is 4.79 Å². The number of carbonyl (C=O) groups is 1. The molecule has 0 bridgehead atoms. The molecule has 0 aliphatic heterocycles. The van der Waals surface area contributed by atoms with Crippen molar-refractivity contribution in [1.82, 2.24) is 5.32 Å². The Morgan fingerprint density at radius 1 is 1.50 bits per heavy atom. The zero-order valence-corrected chi connectivity index (χ0v) is 8.10. The zero-order valence-electron chi connectivity index (χ0n) is 8.10. The van der Waals surface area contributed by atoms with Crippen LogP contribution in [0.5, 0.6) is 0 Å². The van der Waals surface area contributed by atoms with Gasteiger partial charge in [-0.1, -0.05) is 13.3 Å². The molecule has 1 unspecified atom stereocenters. The lowest BCUT2D eigenvalue weighted by molar-refractivity contribution is -0.124. The van der Waals surface area contributed by atoms with E-state index < -0.39 is 0 Å². The average Bonchev–Trinajstić information content (AvgIpc) is 2.11. The number of rotatable bonds is 6. The quantitative estimate of drug-likeness (QED) is 0.625. The van der Waals surface area contributed by atoms with E-state index in [1.165, 1.54) is 0 Å². The molecule has 3 nitrogen and oxygen atoms in total. The fourth-order valence-electron chi connectivity index (χ4n) is 1.32. The lowest BCUT2D eigenvalue weighted by Gasteiger charge is -2.13. The minimum absolute atomic E-state index is 0.158. The Morgan fingerprint density at radius 2 is 2.17 bits per heavy atom. The second-order valence-electron chi connectivity index (χ2n) is 3.03. The maximum atomic E-state index is 11.3. The van der Waals surface area contributed by atoms with Crippen molar-refractivity contribution in [2.75, 3.05) is 13.6 Å². The van der Waals surface area contributed by atoms with Crippen LogP contribution in [0, 0.1) is 5.92 Å². The van der Waals surface area contributed by atoms with Gasteiger partial charge in [-0.3, -0.25) is 4.79 Å². The van der Waals surface area contributed by atoms with Gasteiger partial charge >= 0.3 is 0 Å². The topological polar surface area (TPSA) is 55.1 Å². The number of nitrogens with two attached hydrogens (primary N) is 1. The van der Waals surface area contributed by atoms with Crippen LogP contribution in [0.2, 0.25) is 0 Å². The summed E-state index contributed by atoms with van der Waals surface area (Å²) in [5.41, 5.74) is 5.38. The van der Waals surface area contributed by atoms with E-state index in [4.69, 9.17) is 5.73 Å². The van der Waals surface area contributed by atoms with E-state index in [0.29, 0.717) is 6.54 Å². The number of nitrogens with one attached hydrogen (secondary N) is 1. The highest BCUT2D eigenvalue weighted by atomic mass is 16.1. The molecule has 0 heterocycles. The van der Waals surface area contributed by atoms with Gasteiger partial charge in [-0.2, -0.15) is 0 Å². The summed E-state index contributed by atoms with van der Waals surface area (Å²) in [4.78, 5) is 11.3. The molecule has 0 spiro atoms. The monoisotopic (exact) mass is 172 g/mol. The van der Waals surface area contributed by atoms with Crippen molar-refractivity contribution >= 4 is 5.91 Å². The molecular weight excluding hydrogens is 152 g/mol. The van der Waals surface area contributed by atoms with E-state index in [0.717, 1.165) is 25.7 Å². The fourth-order valence-corrected chi connectivity index (χ4v) is 1.32. The number of hydrogen-bond donors (Lipinski definition) is 2. The van der Waals surface area contributed by atoms with Crippen LogP contribution in [0.4, 0.5) is 0 Å². The molecule has 3 N–H and O–H groups in total. The van der Waals surface area contributed by atoms with Crippen LogP contribution in [0.15, 0.2) is 0 Å². The van der Waals surface area contributed by atoms with E-state index in [2.05, 4.69) is 12.2 Å². The molecule has 1 atom stereocenters. The molecule has 0 aromatic rings. The molecule has 0 fully saturated rings. The summed E-state index contributed by atoms with van der Waals surface area (Å²) in [5.74, 6) is 0.328. The molecule has 72 valence electrons. The molecule has 0 saturated carbocycles. The lowest BCUT2D eigenvalue weighted by Crippen LogP contribution is -2.27. The summed E-state index contributed by atoms with van der Waals surface area (Å²) in [7, 11) is 1.69. The molecular formula is C9H20N2O. The largest absolute Gasteiger partial charge is 0.359 e. The third kappa shape index (κ3) is 4.34. The summed E-state index contributed by atoms with van der Waals surface area (Å²) in [6, 6.07) is 0. The van der Waals surface area contributed by atoms with Gasteiger partial charge in [-0.15, -0.1) is 0 Å². The first-order valence-corrected chi connectivity index (χ1v) is 4.67. The second kappa shape index (κ2) is 7.10. The molecule has 0 aromatic heterocycles. The maximum absolute atomic E-state index is 11.3. The molecule has 3 heteroatoms. The van der Waals surface area contributed by atoms with Gasteiger partial charge in [0, 0.05) is 13.0 Å². The van der Waals surface area contributed by atoms with Crippen LogP contribution >= 0.6 is 0 Å². The van der Waals surface area contributed by atoms with Crippen molar-refractivity contribution in [3.05, 3.63) is 0 Å². The van der Waals surface area contributed by atoms with Crippen LogP contribution in [0.3, 0.4) is 0 Å². The molecule has 0 saturated heterocycles. The fraction of sp³-hybridized carbons (Fsp3) is 0.889. The van der Waals surface area contributed by atoms with Gasteiger partial charge in [-0.05, 0) is 25.8 Å². The highest BCUT2D eigenvalue weighted by Gasteiger charge is 2.14. The van der Waals surface area contributed by atoms with Gasteiger partial charge < -0.3 is 11.1 Å². The maximum Gasteiger partial charge on any atom is 0.222 e. The SMILES string of the molecule is CCCC(CCCN)C(=O)NC. The predicted octanol–water partition coefficient (Wildman–Crippen LogP) is 0.888. The average molecular weight is 172 g/mol. The molecule has 0 aliphatic rings. The Balaban J connectivity index is 3.76. The minimum Gasteiger partial charge on any atom is -0.359 e. The van der Waals surface area contributed by atoms with Gasteiger partial charge in [0.05, 0.1) is 0 Å². The lowest BCUT2D eigenvalue weighted by atomic mass is 9.97. The molecule has 0 radical (unpaired) electrons. The highest BCUT2D eigenvalue weighted by Crippen LogP contribution is 2.12. The highest BCUT2D eigenvalue weighted by molar-refractivity contribution is 5.78. The molecule has 12 heavy (non-hydrogen) atoms. The van der Waals surface area contributed by atoms with E-state index in [9.17, 15) is 4.79 Å². The summed E-state index contributed by atoms with van der Waals surface area (Å²) >= 11 is 0. The van der Waals surface area contributed by atoms with Crippen LogP contribution in [0.25, 0.3) is 0 Å². The van der Waals surface area contributed by atoms with Gasteiger partial charge in [0.1, 0.15) is 0 Å². The van der Waals surface area contributed by atoms with Crippen LogP contribution in [-0.4, -0.2) is 19.5 Å². The minimum atomic E-state index is 0.158.